The zero-order valence-corrected chi connectivity index (χ0v) is 6.86. The predicted molar refractivity (Wildman–Crippen MR) is 46.0 cm³/mol. The lowest BCUT2D eigenvalue weighted by Crippen LogP contribution is -2.14. The molecule has 0 aliphatic carbocycles. The van der Waals surface area contributed by atoms with E-state index in [0.717, 1.165) is 6.07 Å². The van der Waals surface area contributed by atoms with Crippen molar-refractivity contribution in [2.24, 2.45) is 5.73 Å². The zero-order valence-electron chi connectivity index (χ0n) is 6.86. The van der Waals surface area contributed by atoms with Crippen LogP contribution in [0.3, 0.4) is 0 Å². The maximum absolute atomic E-state index is 12.8. The lowest BCUT2D eigenvalue weighted by Gasteiger charge is -2.01. The topological polar surface area (TPSA) is 112 Å². The summed E-state index contributed by atoms with van der Waals surface area (Å²) >= 11 is 0. The number of carbonyl (C=O) groups is 1. The number of nitro groups is 1. The van der Waals surface area contributed by atoms with E-state index >= 15 is 0 Å². The van der Waals surface area contributed by atoms with Crippen LogP contribution in [0, 0.1) is 15.9 Å². The first-order valence-electron chi connectivity index (χ1n) is 3.46. The van der Waals surface area contributed by atoms with Crippen LogP contribution in [-0.2, 0) is 0 Å². The van der Waals surface area contributed by atoms with Gasteiger partial charge in [0, 0.05) is 0 Å². The maximum atomic E-state index is 12.8. The normalized spacial score (nSPS) is 9.79. The van der Waals surface area contributed by atoms with Crippen molar-refractivity contribution in [3.63, 3.8) is 0 Å². The van der Waals surface area contributed by atoms with Gasteiger partial charge < -0.3 is 11.5 Å². The molecule has 1 aromatic rings. The summed E-state index contributed by atoms with van der Waals surface area (Å²) in [5.74, 6) is -1.98. The molecule has 0 unspecified atom stereocenters. The molecule has 7 heteroatoms. The second kappa shape index (κ2) is 3.29. The molecule has 0 heterocycles. The van der Waals surface area contributed by atoms with Crippen molar-refractivity contribution in [2.45, 2.75) is 0 Å². The molecular weight excluding hydrogens is 193 g/mol. The predicted octanol–water partition coefficient (Wildman–Crippen LogP) is 0.415. The third-order valence-electron chi connectivity index (χ3n) is 1.58. The van der Waals surface area contributed by atoms with E-state index in [1.54, 1.807) is 0 Å². The molecule has 0 aliphatic rings. The number of nitrogens with zero attached hydrogens (tertiary/aromatic N) is 1. The van der Waals surface area contributed by atoms with E-state index in [4.69, 9.17) is 11.5 Å². The summed E-state index contributed by atoms with van der Waals surface area (Å²) in [4.78, 5) is 20.2. The first-order valence-corrected chi connectivity index (χ1v) is 3.46. The third-order valence-corrected chi connectivity index (χ3v) is 1.58. The molecule has 0 fully saturated rings. The van der Waals surface area contributed by atoms with Crippen molar-refractivity contribution in [3.05, 3.63) is 33.6 Å². The highest BCUT2D eigenvalue weighted by atomic mass is 19.1. The van der Waals surface area contributed by atoms with Gasteiger partial charge in [-0.05, 0) is 6.07 Å². The molecule has 14 heavy (non-hydrogen) atoms. The standard InChI is InChI=1S/C7H6FN3O3/c8-4-2-6(11(13)14)3(7(10)12)1-5(4)9/h1-2H,9H2,(H2,10,12). The number of carbonyl (C=O) groups excluding carboxylic acids is 1. The minimum atomic E-state index is -1.02. The highest BCUT2D eigenvalue weighted by Crippen LogP contribution is 2.23. The smallest absolute Gasteiger partial charge is 0.285 e. The number of nitro benzene ring substituents is 1. The van der Waals surface area contributed by atoms with Gasteiger partial charge in [0.25, 0.3) is 11.6 Å². The molecule has 6 nitrogen and oxygen atoms in total. The summed E-state index contributed by atoms with van der Waals surface area (Å²) in [5.41, 5.74) is 8.52. The van der Waals surface area contributed by atoms with Gasteiger partial charge in [0.15, 0.2) is 5.82 Å². The van der Waals surface area contributed by atoms with Crippen LogP contribution in [0.4, 0.5) is 15.8 Å². The van der Waals surface area contributed by atoms with Crippen LogP contribution in [0.2, 0.25) is 0 Å². The second-order valence-corrected chi connectivity index (χ2v) is 2.51. The molecule has 1 aromatic carbocycles. The highest BCUT2D eigenvalue weighted by Gasteiger charge is 2.20. The number of halogens is 1. The fraction of sp³-hybridized carbons (Fsp3) is 0. The Bertz CT molecular complexity index is 380. The third kappa shape index (κ3) is 1.60. The van der Waals surface area contributed by atoms with Gasteiger partial charge in [-0.1, -0.05) is 0 Å². The fourth-order valence-electron chi connectivity index (χ4n) is 0.928. The van der Waals surface area contributed by atoms with Crippen LogP contribution in [0.1, 0.15) is 10.4 Å². The Hall–Kier alpha value is -2.18. The molecule has 1 amide bonds. The fourth-order valence-corrected chi connectivity index (χ4v) is 0.928. The number of nitrogens with two attached hydrogens (primary N) is 2. The Labute approximate surface area is 77.5 Å². The van der Waals surface area contributed by atoms with Crippen molar-refractivity contribution < 1.29 is 14.1 Å². The number of hydrogen-bond acceptors (Lipinski definition) is 4. The van der Waals surface area contributed by atoms with E-state index in [1.807, 2.05) is 0 Å². The molecule has 0 saturated carbocycles. The molecule has 0 spiro atoms. The summed E-state index contributed by atoms with van der Waals surface area (Å²) in [6.07, 6.45) is 0. The zero-order chi connectivity index (χ0) is 10.9. The Balaban J connectivity index is 3.46. The quantitative estimate of drug-likeness (QED) is 0.408. The molecule has 0 bridgehead atoms. The first kappa shape index (κ1) is 9.90. The van der Waals surface area contributed by atoms with E-state index in [-0.39, 0.29) is 5.69 Å². The number of rotatable bonds is 2. The Kier molecular flexibility index (Phi) is 2.32. The molecule has 74 valence electrons. The molecule has 1 rings (SSSR count). The van der Waals surface area contributed by atoms with Gasteiger partial charge in [0.1, 0.15) is 5.56 Å². The van der Waals surface area contributed by atoms with Gasteiger partial charge in [-0.25, -0.2) is 4.39 Å². The number of hydrogen-bond donors (Lipinski definition) is 2. The first-order chi connectivity index (χ1) is 6.43. The Morgan fingerprint density at radius 3 is 2.50 bits per heavy atom. The van der Waals surface area contributed by atoms with Crippen molar-refractivity contribution >= 4 is 17.3 Å². The minimum absolute atomic E-state index is 0.357. The van der Waals surface area contributed by atoms with Gasteiger partial charge in [-0.15, -0.1) is 0 Å². The highest BCUT2D eigenvalue weighted by molar-refractivity contribution is 5.97. The van der Waals surface area contributed by atoms with Gasteiger partial charge in [0.2, 0.25) is 0 Å². The molecule has 0 radical (unpaired) electrons. The van der Waals surface area contributed by atoms with E-state index in [1.165, 1.54) is 0 Å². The van der Waals surface area contributed by atoms with Crippen molar-refractivity contribution in [1.29, 1.82) is 0 Å². The van der Waals surface area contributed by atoms with Crippen LogP contribution in [0.15, 0.2) is 12.1 Å². The maximum Gasteiger partial charge on any atom is 0.285 e. The van der Waals surface area contributed by atoms with Crippen LogP contribution >= 0.6 is 0 Å². The Morgan fingerprint density at radius 1 is 1.50 bits per heavy atom. The number of anilines is 1. The molecular formula is C7H6FN3O3. The number of nitrogen functional groups attached to an aromatic ring is 1. The molecule has 0 aliphatic heterocycles. The van der Waals surface area contributed by atoms with E-state index in [2.05, 4.69) is 0 Å². The van der Waals surface area contributed by atoms with E-state index in [9.17, 15) is 19.3 Å². The van der Waals surface area contributed by atoms with Gasteiger partial charge in [-0.3, -0.25) is 14.9 Å². The van der Waals surface area contributed by atoms with E-state index < -0.39 is 27.9 Å². The second-order valence-electron chi connectivity index (χ2n) is 2.51. The Morgan fingerprint density at radius 2 is 2.07 bits per heavy atom. The number of amides is 1. The molecule has 0 atom stereocenters. The molecule has 4 N–H and O–H groups in total. The molecule has 0 saturated heterocycles. The number of primary amides is 1. The average Bonchev–Trinajstić information content (AvgIpc) is 2.08. The summed E-state index contributed by atoms with van der Waals surface area (Å²) in [5, 5.41) is 10.4. The minimum Gasteiger partial charge on any atom is -0.396 e. The van der Waals surface area contributed by atoms with Gasteiger partial charge in [0.05, 0.1) is 16.7 Å². The van der Waals surface area contributed by atoms with Crippen LogP contribution < -0.4 is 11.5 Å². The van der Waals surface area contributed by atoms with Gasteiger partial charge in [-0.2, -0.15) is 0 Å². The largest absolute Gasteiger partial charge is 0.396 e. The monoisotopic (exact) mass is 199 g/mol. The van der Waals surface area contributed by atoms with E-state index in [0.29, 0.717) is 6.07 Å². The van der Waals surface area contributed by atoms with Crippen molar-refractivity contribution in [1.82, 2.24) is 0 Å². The van der Waals surface area contributed by atoms with Crippen LogP contribution in [0.25, 0.3) is 0 Å². The van der Waals surface area contributed by atoms with Crippen LogP contribution in [-0.4, -0.2) is 10.8 Å². The SMILES string of the molecule is NC(=O)c1cc(N)c(F)cc1[N+](=O)[O-]. The lowest BCUT2D eigenvalue weighted by atomic mass is 10.1. The number of benzene rings is 1. The summed E-state index contributed by atoms with van der Waals surface area (Å²) in [7, 11) is 0. The summed E-state index contributed by atoms with van der Waals surface area (Å²) < 4.78 is 12.8. The van der Waals surface area contributed by atoms with Crippen molar-refractivity contribution in [2.75, 3.05) is 5.73 Å². The summed E-state index contributed by atoms with van der Waals surface area (Å²) in [6.45, 7) is 0. The van der Waals surface area contributed by atoms with Crippen LogP contribution in [0.5, 0.6) is 0 Å². The molecule has 0 aromatic heterocycles. The lowest BCUT2D eigenvalue weighted by molar-refractivity contribution is -0.385. The summed E-state index contributed by atoms with van der Waals surface area (Å²) in [6, 6.07) is 1.41. The van der Waals surface area contributed by atoms with Gasteiger partial charge >= 0.3 is 0 Å². The average molecular weight is 199 g/mol. The van der Waals surface area contributed by atoms with Crippen molar-refractivity contribution in [3.8, 4) is 0 Å².